The first-order chi connectivity index (χ1) is 9.29. The maximum Gasteiger partial charge on any atom is 0.257 e. The van der Waals surface area contributed by atoms with E-state index in [9.17, 15) is 4.79 Å². The number of aliphatic hydroxyl groups excluding tert-OH is 1. The normalized spacial score (nSPS) is 12.8. The molecule has 0 heterocycles. The van der Waals surface area contributed by atoms with Gasteiger partial charge in [0.1, 0.15) is 5.75 Å². The van der Waals surface area contributed by atoms with Crippen molar-refractivity contribution in [2.75, 3.05) is 13.2 Å². The molecule has 0 saturated heterocycles. The summed E-state index contributed by atoms with van der Waals surface area (Å²) in [6.45, 7) is 8.60. The lowest BCUT2D eigenvalue weighted by molar-refractivity contribution is -0.123. The molecular formula is C16H25NO3. The van der Waals surface area contributed by atoms with Gasteiger partial charge in [-0.1, -0.05) is 32.9 Å². The van der Waals surface area contributed by atoms with Crippen LogP contribution in [-0.2, 0) is 10.2 Å². The molecule has 0 aliphatic heterocycles. The van der Waals surface area contributed by atoms with Crippen LogP contribution in [0.4, 0.5) is 0 Å². The lowest BCUT2D eigenvalue weighted by Gasteiger charge is -2.19. The molecule has 1 aromatic carbocycles. The number of rotatable bonds is 6. The van der Waals surface area contributed by atoms with Crippen LogP contribution in [0.1, 0.15) is 39.7 Å². The van der Waals surface area contributed by atoms with E-state index in [0.29, 0.717) is 18.7 Å². The van der Waals surface area contributed by atoms with Crippen LogP contribution < -0.4 is 10.1 Å². The van der Waals surface area contributed by atoms with Crippen LogP contribution in [0.15, 0.2) is 24.3 Å². The zero-order valence-electron chi connectivity index (χ0n) is 12.8. The molecule has 1 unspecified atom stereocenters. The molecule has 1 atom stereocenters. The molecule has 2 N–H and O–H groups in total. The van der Waals surface area contributed by atoms with Crippen LogP contribution >= 0.6 is 0 Å². The van der Waals surface area contributed by atoms with Crippen molar-refractivity contribution in [3.63, 3.8) is 0 Å². The maximum atomic E-state index is 11.5. The van der Waals surface area contributed by atoms with Gasteiger partial charge in [0.25, 0.3) is 5.91 Å². The number of amides is 1. The van der Waals surface area contributed by atoms with E-state index in [1.54, 1.807) is 6.92 Å². The largest absolute Gasteiger partial charge is 0.484 e. The number of hydrogen-bond donors (Lipinski definition) is 2. The average molecular weight is 279 g/mol. The minimum absolute atomic E-state index is 0.00528. The Balaban J connectivity index is 2.37. The number of benzene rings is 1. The van der Waals surface area contributed by atoms with Crippen LogP contribution in [0.25, 0.3) is 0 Å². The second kappa shape index (κ2) is 7.29. The van der Waals surface area contributed by atoms with Crippen molar-refractivity contribution in [3.05, 3.63) is 29.8 Å². The number of ether oxygens (including phenoxy) is 1. The summed E-state index contributed by atoms with van der Waals surface area (Å²) in [5, 5.41) is 11.8. The highest BCUT2D eigenvalue weighted by molar-refractivity contribution is 5.77. The molecule has 0 spiro atoms. The van der Waals surface area contributed by atoms with Crippen LogP contribution in [-0.4, -0.2) is 30.3 Å². The summed E-state index contributed by atoms with van der Waals surface area (Å²) in [6.07, 6.45) is 0.146. The van der Waals surface area contributed by atoms with Crippen molar-refractivity contribution >= 4 is 5.91 Å². The van der Waals surface area contributed by atoms with Crippen molar-refractivity contribution in [1.82, 2.24) is 5.32 Å². The SMILES string of the molecule is CC(O)CCNC(=O)COc1ccc(C(C)(C)C)cc1. The first kappa shape index (κ1) is 16.5. The van der Waals surface area contributed by atoms with Crippen molar-refractivity contribution in [3.8, 4) is 5.75 Å². The van der Waals surface area contributed by atoms with Crippen molar-refractivity contribution in [1.29, 1.82) is 0 Å². The lowest BCUT2D eigenvalue weighted by Crippen LogP contribution is -2.31. The highest BCUT2D eigenvalue weighted by Crippen LogP contribution is 2.24. The van der Waals surface area contributed by atoms with Crippen molar-refractivity contribution < 1.29 is 14.6 Å². The fourth-order valence-corrected chi connectivity index (χ4v) is 1.67. The van der Waals surface area contributed by atoms with Gasteiger partial charge < -0.3 is 15.2 Å². The fraction of sp³-hybridized carbons (Fsp3) is 0.562. The lowest BCUT2D eigenvalue weighted by atomic mass is 9.87. The number of carbonyl (C=O) groups excluding carboxylic acids is 1. The number of hydrogen-bond acceptors (Lipinski definition) is 3. The topological polar surface area (TPSA) is 58.6 Å². The van der Waals surface area contributed by atoms with E-state index >= 15 is 0 Å². The molecule has 1 aromatic rings. The van der Waals surface area contributed by atoms with E-state index in [2.05, 4.69) is 26.1 Å². The number of nitrogens with one attached hydrogen (secondary N) is 1. The van der Waals surface area contributed by atoms with Crippen LogP contribution in [0.5, 0.6) is 5.75 Å². The molecular weight excluding hydrogens is 254 g/mol. The Morgan fingerprint density at radius 1 is 1.30 bits per heavy atom. The summed E-state index contributed by atoms with van der Waals surface area (Å²) in [5.74, 6) is 0.509. The molecule has 0 radical (unpaired) electrons. The van der Waals surface area contributed by atoms with Gasteiger partial charge in [-0.2, -0.15) is 0 Å². The summed E-state index contributed by atoms with van der Waals surface area (Å²) < 4.78 is 5.42. The third kappa shape index (κ3) is 6.06. The number of aliphatic hydroxyl groups is 1. The Morgan fingerprint density at radius 3 is 2.40 bits per heavy atom. The van der Waals surface area contributed by atoms with Crippen molar-refractivity contribution in [2.45, 2.75) is 45.6 Å². The Morgan fingerprint density at radius 2 is 1.90 bits per heavy atom. The Hall–Kier alpha value is -1.55. The van der Waals surface area contributed by atoms with E-state index in [-0.39, 0.29) is 17.9 Å². The van der Waals surface area contributed by atoms with Gasteiger partial charge in [-0.15, -0.1) is 0 Å². The molecule has 0 fully saturated rings. The molecule has 0 bridgehead atoms. The van der Waals surface area contributed by atoms with Crippen LogP contribution in [0.2, 0.25) is 0 Å². The van der Waals surface area contributed by atoms with Gasteiger partial charge >= 0.3 is 0 Å². The fourth-order valence-electron chi connectivity index (χ4n) is 1.67. The predicted molar refractivity (Wildman–Crippen MR) is 79.9 cm³/mol. The van der Waals surface area contributed by atoms with Crippen LogP contribution in [0.3, 0.4) is 0 Å². The summed E-state index contributed by atoms with van der Waals surface area (Å²) in [6, 6.07) is 7.79. The molecule has 112 valence electrons. The van der Waals surface area contributed by atoms with E-state index in [0.717, 1.165) is 0 Å². The number of carbonyl (C=O) groups is 1. The van der Waals surface area contributed by atoms with E-state index in [4.69, 9.17) is 9.84 Å². The zero-order valence-corrected chi connectivity index (χ0v) is 12.8. The van der Waals surface area contributed by atoms with Gasteiger partial charge in [0.05, 0.1) is 6.10 Å². The van der Waals surface area contributed by atoms with Crippen LogP contribution in [0, 0.1) is 0 Å². The first-order valence-electron chi connectivity index (χ1n) is 6.97. The highest BCUT2D eigenvalue weighted by Gasteiger charge is 2.13. The van der Waals surface area contributed by atoms with Gasteiger partial charge in [0, 0.05) is 6.54 Å². The third-order valence-corrected chi connectivity index (χ3v) is 2.97. The second-order valence-electron chi connectivity index (χ2n) is 6.05. The quantitative estimate of drug-likeness (QED) is 0.839. The average Bonchev–Trinajstić information content (AvgIpc) is 2.35. The highest BCUT2D eigenvalue weighted by atomic mass is 16.5. The Kier molecular flexibility index (Phi) is 6.02. The minimum atomic E-state index is -0.402. The zero-order chi connectivity index (χ0) is 15.2. The van der Waals surface area contributed by atoms with Crippen molar-refractivity contribution in [2.24, 2.45) is 0 Å². The molecule has 20 heavy (non-hydrogen) atoms. The van der Waals surface area contributed by atoms with E-state index in [1.807, 2.05) is 24.3 Å². The molecule has 1 rings (SSSR count). The molecule has 1 amide bonds. The molecule has 4 heteroatoms. The molecule has 0 aromatic heterocycles. The molecule has 0 aliphatic rings. The Bertz CT molecular complexity index is 418. The smallest absolute Gasteiger partial charge is 0.257 e. The molecule has 0 saturated carbocycles. The molecule has 0 aliphatic carbocycles. The standard InChI is InChI=1S/C16H25NO3/c1-12(18)9-10-17-15(19)11-20-14-7-5-13(6-8-14)16(2,3)4/h5-8,12,18H,9-11H2,1-4H3,(H,17,19). The van der Waals surface area contributed by atoms with Gasteiger partial charge in [-0.25, -0.2) is 0 Å². The van der Waals surface area contributed by atoms with Gasteiger partial charge in [-0.3, -0.25) is 4.79 Å². The summed E-state index contributed by atoms with van der Waals surface area (Å²) in [7, 11) is 0. The summed E-state index contributed by atoms with van der Waals surface area (Å²) >= 11 is 0. The van der Waals surface area contributed by atoms with E-state index in [1.165, 1.54) is 5.56 Å². The Labute approximate surface area is 121 Å². The molecule has 4 nitrogen and oxygen atoms in total. The summed E-state index contributed by atoms with van der Waals surface area (Å²) in [5.41, 5.74) is 1.34. The van der Waals surface area contributed by atoms with Gasteiger partial charge in [0.15, 0.2) is 6.61 Å². The maximum absolute atomic E-state index is 11.5. The van der Waals surface area contributed by atoms with E-state index < -0.39 is 6.10 Å². The minimum Gasteiger partial charge on any atom is -0.484 e. The van der Waals surface area contributed by atoms with Gasteiger partial charge in [-0.05, 0) is 36.5 Å². The monoisotopic (exact) mass is 279 g/mol. The second-order valence-corrected chi connectivity index (χ2v) is 6.05. The van der Waals surface area contributed by atoms with Gasteiger partial charge in [0.2, 0.25) is 0 Å². The third-order valence-electron chi connectivity index (χ3n) is 2.97. The summed E-state index contributed by atoms with van der Waals surface area (Å²) in [4.78, 5) is 11.5. The first-order valence-corrected chi connectivity index (χ1v) is 6.97. The predicted octanol–water partition coefficient (Wildman–Crippen LogP) is 2.25.